The lowest BCUT2D eigenvalue weighted by Gasteiger charge is -2.05. The van der Waals surface area contributed by atoms with Crippen LogP contribution < -0.4 is 5.43 Å². The molecule has 0 aliphatic carbocycles. The predicted molar refractivity (Wildman–Crippen MR) is 92.2 cm³/mol. The molecule has 1 N–H and O–H groups in total. The van der Waals surface area contributed by atoms with Crippen LogP contribution in [0.25, 0.3) is 0 Å². The van der Waals surface area contributed by atoms with E-state index in [2.05, 4.69) is 29.4 Å². The van der Waals surface area contributed by atoms with Crippen LogP contribution >= 0.6 is 23.2 Å². The molecule has 0 spiro atoms. The van der Waals surface area contributed by atoms with Crippen LogP contribution in [-0.2, 0) is 0 Å². The fourth-order valence-corrected chi connectivity index (χ4v) is 2.37. The molecule has 0 aliphatic heterocycles. The summed E-state index contributed by atoms with van der Waals surface area (Å²) < 4.78 is 5.62. The third-order valence-electron chi connectivity index (χ3n) is 3.41. The first-order valence-corrected chi connectivity index (χ1v) is 7.99. The van der Waals surface area contributed by atoms with E-state index < -0.39 is 0 Å². The summed E-state index contributed by atoms with van der Waals surface area (Å²) in [6.07, 6.45) is 3.35. The van der Waals surface area contributed by atoms with E-state index in [1.54, 1.807) is 24.4 Å². The number of hydrogen-bond acceptors (Lipinski definition) is 5. The Kier molecular flexibility index (Phi) is 6.03. The van der Waals surface area contributed by atoms with Crippen molar-refractivity contribution in [2.24, 2.45) is 5.10 Å². The highest BCUT2D eigenvalue weighted by Crippen LogP contribution is 2.27. The molecule has 5 nitrogen and oxygen atoms in total. The summed E-state index contributed by atoms with van der Waals surface area (Å²) in [5.74, 6) is 0.987. The van der Waals surface area contributed by atoms with Crippen LogP contribution in [0.2, 0.25) is 10.0 Å². The second-order valence-corrected chi connectivity index (χ2v) is 5.71. The largest absolute Gasteiger partial charge is 0.422 e. The van der Waals surface area contributed by atoms with Crippen LogP contribution in [0.5, 0.6) is 0 Å². The number of halogens is 2. The quantitative estimate of drug-likeness (QED) is 0.573. The monoisotopic (exact) mass is 350 g/mol. The van der Waals surface area contributed by atoms with E-state index in [9.17, 15) is 0 Å². The van der Waals surface area contributed by atoms with E-state index in [-0.39, 0.29) is 17.5 Å². The van der Waals surface area contributed by atoms with E-state index in [0.717, 1.165) is 18.4 Å². The minimum atomic E-state index is 0.191. The van der Waals surface area contributed by atoms with Crippen molar-refractivity contribution < 1.29 is 4.42 Å². The molecular weight excluding hydrogens is 335 g/mol. The van der Waals surface area contributed by atoms with Crippen molar-refractivity contribution in [2.45, 2.75) is 32.6 Å². The summed E-state index contributed by atoms with van der Waals surface area (Å²) in [6, 6.07) is 7.16. The van der Waals surface area contributed by atoms with Crippen LogP contribution in [0.15, 0.2) is 27.7 Å². The van der Waals surface area contributed by atoms with Crippen LogP contribution in [0.1, 0.15) is 49.8 Å². The van der Waals surface area contributed by atoms with Gasteiger partial charge in [-0.15, -0.1) is 0 Å². The van der Waals surface area contributed by atoms with Crippen molar-refractivity contribution in [3.8, 4) is 6.07 Å². The van der Waals surface area contributed by atoms with Gasteiger partial charge in [0.2, 0.25) is 11.6 Å². The molecule has 0 saturated heterocycles. The molecule has 1 heterocycles. The van der Waals surface area contributed by atoms with Crippen molar-refractivity contribution in [1.29, 1.82) is 5.26 Å². The lowest BCUT2D eigenvalue weighted by atomic mass is 10.0. The standard InChI is InChI=1S/C16H16Cl2N4O/c1-3-11(4-2)15-21-14(8-19)16(23-15)22-20-9-10-5-6-12(17)13(18)7-10/h5-7,9,11,22H,3-4H2,1-2H3/b20-9+. The van der Waals surface area contributed by atoms with Crippen molar-refractivity contribution in [1.82, 2.24) is 4.98 Å². The first-order chi connectivity index (χ1) is 11.1. The number of aromatic nitrogens is 1. The molecule has 0 saturated carbocycles. The molecular formula is C16H16Cl2N4O. The first-order valence-electron chi connectivity index (χ1n) is 7.23. The van der Waals surface area contributed by atoms with Gasteiger partial charge in [-0.2, -0.15) is 10.4 Å². The number of hydrogen-bond donors (Lipinski definition) is 1. The summed E-state index contributed by atoms with van der Waals surface area (Å²) in [5.41, 5.74) is 3.67. The maximum atomic E-state index is 9.15. The van der Waals surface area contributed by atoms with Gasteiger partial charge in [0, 0.05) is 5.92 Å². The van der Waals surface area contributed by atoms with Gasteiger partial charge in [-0.3, -0.25) is 0 Å². The van der Waals surface area contributed by atoms with E-state index in [4.69, 9.17) is 32.9 Å². The average Bonchev–Trinajstić information content (AvgIpc) is 2.95. The maximum absolute atomic E-state index is 9.15. The highest BCUT2D eigenvalue weighted by molar-refractivity contribution is 6.42. The summed E-state index contributed by atoms with van der Waals surface area (Å²) >= 11 is 11.8. The summed E-state index contributed by atoms with van der Waals surface area (Å²) in [5, 5.41) is 14.1. The number of hydrazone groups is 1. The third kappa shape index (κ3) is 4.25. The van der Waals surface area contributed by atoms with Gasteiger partial charge in [0.1, 0.15) is 6.07 Å². The maximum Gasteiger partial charge on any atom is 0.252 e. The summed E-state index contributed by atoms with van der Waals surface area (Å²) in [7, 11) is 0. The second-order valence-electron chi connectivity index (χ2n) is 4.90. The van der Waals surface area contributed by atoms with Crippen molar-refractivity contribution in [2.75, 3.05) is 5.43 Å². The fraction of sp³-hybridized carbons (Fsp3) is 0.312. The number of benzene rings is 1. The van der Waals surface area contributed by atoms with Gasteiger partial charge in [0.15, 0.2) is 0 Å². The van der Waals surface area contributed by atoms with Crippen LogP contribution in [-0.4, -0.2) is 11.2 Å². The van der Waals surface area contributed by atoms with Gasteiger partial charge >= 0.3 is 0 Å². The van der Waals surface area contributed by atoms with Gasteiger partial charge in [-0.05, 0) is 30.5 Å². The fourth-order valence-electron chi connectivity index (χ4n) is 2.06. The molecule has 2 rings (SSSR count). The predicted octanol–water partition coefficient (Wildman–Crippen LogP) is 5.20. The Balaban J connectivity index is 2.15. The highest BCUT2D eigenvalue weighted by atomic mass is 35.5. The molecule has 0 atom stereocenters. The Labute approximate surface area is 144 Å². The second kappa shape index (κ2) is 8.00. The van der Waals surface area contributed by atoms with Crippen LogP contribution in [0.3, 0.4) is 0 Å². The van der Waals surface area contributed by atoms with Gasteiger partial charge in [-0.1, -0.05) is 43.1 Å². The van der Waals surface area contributed by atoms with E-state index in [0.29, 0.717) is 15.9 Å². The lowest BCUT2D eigenvalue weighted by Crippen LogP contribution is -1.95. The van der Waals surface area contributed by atoms with E-state index in [1.165, 1.54) is 0 Å². The third-order valence-corrected chi connectivity index (χ3v) is 4.15. The van der Waals surface area contributed by atoms with Gasteiger partial charge in [-0.25, -0.2) is 10.4 Å². The zero-order chi connectivity index (χ0) is 16.8. The molecule has 0 radical (unpaired) electrons. The molecule has 0 amide bonds. The first kappa shape index (κ1) is 17.3. The number of rotatable bonds is 6. The Morgan fingerprint density at radius 3 is 2.70 bits per heavy atom. The Morgan fingerprint density at radius 1 is 1.35 bits per heavy atom. The molecule has 0 fully saturated rings. The van der Waals surface area contributed by atoms with E-state index >= 15 is 0 Å². The number of nitriles is 1. The minimum Gasteiger partial charge on any atom is -0.422 e. The number of nitrogens with zero attached hydrogens (tertiary/aromatic N) is 3. The normalized spacial score (nSPS) is 11.1. The molecule has 1 aromatic heterocycles. The van der Waals surface area contributed by atoms with Gasteiger partial charge < -0.3 is 4.42 Å². The molecule has 7 heteroatoms. The Morgan fingerprint density at radius 2 is 2.09 bits per heavy atom. The zero-order valence-electron chi connectivity index (χ0n) is 12.8. The van der Waals surface area contributed by atoms with Gasteiger partial charge in [0.05, 0.1) is 16.3 Å². The Hall–Kier alpha value is -2.03. The van der Waals surface area contributed by atoms with Crippen molar-refractivity contribution in [3.63, 3.8) is 0 Å². The summed E-state index contributed by atoms with van der Waals surface area (Å²) in [6.45, 7) is 4.11. The smallest absolute Gasteiger partial charge is 0.252 e. The average molecular weight is 351 g/mol. The van der Waals surface area contributed by atoms with Gasteiger partial charge in [0.25, 0.3) is 5.88 Å². The molecule has 0 bridgehead atoms. The molecule has 23 heavy (non-hydrogen) atoms. The number of nitrogens with one attached hydrogen (secondary N) is 1. The molecule has 0 unspecified atom stereocenters. The van der Waals surface area contributed by atoms with Crippen LogP contribution in [0, 0.1) is 11.3 Å². The molecule has 0 aliphatic rings. The summed E-state index contributed by atoms with van der Waals surface area (Å²) in [4.78, 5) is 4.22. The van der Waals surface area contributed by atoms with E-state index in [1.807, 2.05) is 6.07 Å². The molecule has 2 aromatic rings. The van der Waals surface area contributed by atoms with Crippen molar-refractivity contribution in [3.05, 3.63) is 45.4 Å². The lowest BCUT2D eigenvalue weighted by molar-refractivity contribution is 0.439. The topological polar surface area (TPSA) is 74.2 Å². The number of anilines is 1. The zero-order valence-corrected chi connectivity index (χ0v) is 14.3. The SMILES string of the molecule is CCC(CC)c1nc(C#N)c(N/N=C/c2ccc(Cl)c(Cl)c2)o1. The molecule has 1 aromatic carbocycles. The minimum absolute atomic E-state index is 0.191. The van der Waals surface area contributed by atoms with Crippen LogP contribution in [0.4, 0.5) is 5.88 Å². The Bertz CT molecular complexity index is 745. The van der Waals surface area contributed by atoms with Crippen molar-refractivity contribution >= 4 is 35.3 Å². The highest BCUT2D eigenvalue weighted by Gasteiger charge is 2.18. The number of oxazole rings is 1. The molecule has 120 valence electrons.